The van der Waals surface area contributed by atoms with E-state index in [2.05, 4.69) is 41.5 Å². The fourth-order valence-corrected chi connectivity index (χ4v) is 11.7. The summed E-state index contributed by atoms with van der Waals surface area (Å²) in [5.41, 5.74) is 0.0826. The molecule has 0 saturated carbocycles. The molecule has 10 nitrogen and oxygen atoms in total. The first-order chi connectivity index (χ1) is 35.0. The van der Waals surface area contributed by atoms with Crippen molar-refractivity contribution in [3.05, 3.63) is 44.6 Å². The monoisotopic (exact) mass is 1070 g/mol. The standard InChI is InChI=1S/C58H88N2O8S4/c1-7-13-17-19-21-23-25-27-29-31-35-59-53(61)49(71-57(59)69)39-45-37-47(55(63)65-41-43(11-5)33-15-9-3)51(67-45)52-48(56(64)66-42-44(12-6)34-16-10-4)38-46(68-52)40-50-54(62)60(58(70)72-50)36-32-30-28-26-24-22-20-18-14-8-2/h37-40,43-44H,7-36,41-42H2,1-6H3/b49-39-,50-40-. The lowest BCUT2D eigenvalue weighted by Crippen LogP contribution is -2.29. The van der Waals surface area contributed by atoms with E-state index < -0.39 is 11.9 Å². The first-order valence-corrected chi connectivity index (χ1v) is 30.6. The largest absolute Gasteiger partial charge is 0.462 e. The molecule has 4 heterocycles. The molecule has 2 amide bonds. The number of esters is 2. The van der Waals surface area contributed by atoms with Gasteiger partial charge in [0.1, 0.15) is 31.3 Å². The highest BCUT2D eigenvalue weighted by Gasteiger charge is 2.35. The van der Waals surface area contributed by atoms with Gasteiger partial charge in [-0.3, -0.25) is 19.4 Å². The molecule has 0 N–H and O–H groups in total. The van der Waals surface area contributed by atoms with Gasteiger partial charge in [-0.15, -0.1) is 0 Å². The van der Waals surface area contributed by atoms with Gasteiger partial charge in [0, 0.05) is 25.2 Å². The molecule has 2 saturated heterocycles. The summed E-state index contributed by atoms with van der Waals surface area (Å²) in [6, 6.07) is 3.07. The maximum absolute atomic E-state index is 14.2. The minimum absolute atomic E-state index is 0.0353. The summed E-state index contributed by atoms with van der Waals surface area (Å²) in [6.07, 6.45) is 34.7. The Balaban J connectivity index is 1.62. The second-order valence-corrected chi connectivity index (χ2v) is 23.2. The van der Waals surface area contributed by atoms with E-state index in [9.17, 15) is 19.2 Å². The average molecular weight is 1070 g/mol. The van der Waals surface area contributed by atoms with E-state index in [1.165, 1.54) is 126 Å². The Morgan fingerprint density at radius 3 is 1.15 bits per heavy atom. The summed E-state index contributed by atoms with van der Waals surface area (Å²) in [7, 11) is 0. The number of carbonyl (C=O) groups excluding carboxylic acids is 4. The summed E-state index contributed by atoms with van der Waals surface area (Å²) >= 11 is 13.8. The molecular weight excluding hydrogens is 981 g/mol. The first kappa shape index (κ1) is 61.3. The van der Waals surface area contributed by atoms with E-state index in [0.717, 1.165) is 89.9 Å². The number of rotatable bonds is 39. The summed E-state index contributed by atoms with van der Waals surface area (Å²) in [4.78, 5) is 60.2. The summed E-state index contributed by atoms with van der Waals surface area (Å²) in [6.45, 7) is 14.4. The average Bonchev–Trinajstić information content (AvgIpc) is 4.13. The van der Waals surface area contributed by atoms with E-state index in [-0.39, 0.29) is 71.0 Å². The summed E-state index contributed by atoms with van der Waals surface area (Å²) in [5, 5.41) is 0. The summed E-state index contributed by atoms with van der Waals surface area (Å²) < 4.78 is 25.9. The van der Waals surface area contributed by atoms with E-state index in [1.54, 1.807) is 22.0 Å². The quantitative estimate of drug-likeness (QED) is 0.0274. The molecule has 0 aromatic carbocycles. The molecule has 2 atom stereocenters. The molecule has 4 rings (SSSR count). The third kappa shape index (κ3) is 20.5. The molecule has 14 heteroatoms. The number of unbranched alkanes of at least 4 members (excludes halogenated alkanes) is 20. The second-order valence-electron chi connectivity index (χ2n) is 19.8. The predicted molar refractivity (Wildman–Crippen MR) is 307 cm³/mol. The molecule has 0 radical (unpaired) electrons. The molecule has 402 valence electrons. The lowest BCUT2D eigenvalue weighted by molar-refractivity contribution is -0.123. The van der Waals surface area contributed by atoms with Gasteiger partial charge >= 0.3 is 11.9 Å². The van der Waals surface area contributed by atoms with Crippen LogP contribution in [0.3, 0.4) is 0 Å². The van der Waals surface area contributed by atoms with Gasteiger partial charge < -0.3 is 18.3 Å². The maximum atomic E-state index is 14.2. The Morgan fingerprint density at radius 2 is 0.833 bits per heavy atom. The number of thioether (sulfide) groups is 2. The number of carbonyl (C=O) groups is 4. The lowest BCUT2D eigenvalue weighted by Gasteiger charge is -2.15. The highest BCUT2D eigenvalue weighted by molar-refractivity contribution is 8.27. The highest BCUT2D eigenvalue weighted by Crippen LogP contribution is 2.40. The van der Waals surface area contributed by atoms with Crippen molar-refractivity contribution in [2.75, 3.05) is 26.3 Å². The number of ether oxygens (including phenoxy) is 2. The second kappa shape index (κ2) is 35.1. The van der Waals surface area contributed by atoms with Crippen molar-refractivity contribution in [2.24, 2.45) is 11.8 Å². The zero-order valence-corrected chi connectivity index (χ0v) is 48.2. The Morgan fingerprint density at radius 1 is 0.514 bits per heavy atom. The number of hydrogen-bond acceptors (Lipinski definition) is 12. The minimum atomic E-state index is -0.646. The van der Waals surface area contributed by atoms with Crippen LogP contribution in [0.2, 0.25) is 0 Å². The van der Waals surface area contributed by atoms with Crippen molar-refractivity contribution in [1.82, 2.24) is 9.80 Å². The van der Waals surface area contributed by atoms with Crippen LogP contribution in [0.25, 0.3) is 23.7 Å². The summed E-state index contributed by atoms with van der Waals surface area (Å²) in [5.74, 6) is -1.05. The molecule has 0 spiro atoms. The van der Waals surface area contributed by atoms with Crippen molar-refractivity contribution in [3.8, 4) is 11.5 Å². The first-order valence-electron chi connectivity index (χ1n) is 28.1. The fourth-order valence-electron chi connectivity index (χ4n) is 9.10. The Labute approximate surface area is 452 Å². The maximum Gasteiger partial charge on any atom is 0.342 e. The van der Waals surface area contributed by atoms with Gasteiger partial charge in [-0.05, 0) is 49.7 Å². The van der Waals surface area contributed by atoms with Crippen LogP contribution in [0.1, 0.15) is 254 Å². The van der Waals surface area contributed by atoms with E-state index >= 15 is 0 Å². The van der Waals surface area contributed by atoms with E-state index in [1.807, 2.05) is 0 Å². The van der Waals surface area contributed by atoms with E-state index in [0.29, 0.717) is 31.5 Å². The van der Waals surface area contributed by atoms with Crippen LogP contribution < -0.4 is 0 Å². The Bertz CT molecular complexity index is 1930. The van der Waals surface area contributed by atoms with Crippen LogP contribution in [0.4, 0.5) is 0 Å². The molecule has 2 fully saturated rings. The van der Waals surface area contributed by atoms with Crippen molar-refractivity contribution in [3.63, 3.8) is 0 Å². The molecule has 0 aliphatic carbocycles. The minimum Gasteiger partial charge on any atom is -0.462 e. The molecule has 2 aromatic rings. The lowest BCUT2D eigenvalue weighted by atomic mass is 10.0. The van der Waals surface area contributed by atoms with Gasteiger partial charge in [0.15, 0.2) is 11.5 Å². The van der Waals surface area contributed by atoms with Crippen LogP contribution in [0.5, 0.6) is 0 Å². The van der Waals surface area contributed by atoms with Crippen molar-refractivity contribution >= 4 is 92.5 Å². The number of thiocarbonyl (C=S) groups is 2. The number of amides is 2. The van der Waals surface area contributed by atoms with Crippen LogP contribution >= 0.6 is 48.0 Å². The van der Waals surface area contributed by atoms with E-state index in [4.69, 9.17) is 42.7 Å². The van der Waals surface area contributed by atoms with Gasteiger partial charge in [0.05, 0.1) is 23.0 Å². The zero-order chi connectivity index (χ0) is 52.1. The van der Waals surface area contributed by atoms with Crippen LogP contribution in [0, 0.1) is 11.8 Å². The number of furan rings is 2. The Kier molecular flexibility index (Phi) is 29.9. The van der Waals surface area contributed by atoms with Gasteiger partial charge in [0.2, 0.25) is 0 Å². The van der Waals surface area contributed by atoms with Crippen LogP contribution in [-0.2, 0) is 19.1 Å². The molecular formula is C58H88N2O8S4. The van der Waals surface area contributed by atoms with Crippen molar-refractivity contribution in [1.29, 1.82) is 0 Å². The van der Waals surface area contributed by atoms with Crippen molar-refractivity contribution in [2.45, 2.75) is 221 Å². The Hall–Kier alpha value is -3.20. The molecule has 2 unspecified atom stereocenters. The molecule has 2 aliphatic rings. The SMILES string of the molecule is CCCCCCCCCCCCN1C(=O)/C(=C/c2cc(C(=O)OCC(CC)CCCC)c(-c3oc(/C=C4\SC(=S)N(CCCCCCCCCCCC)C4=O)cc3C(=O)OCC(CC)CCCC)o2)SC1=S. The van der Waals surface area contributed by atoms with Gasteiger partial charge in [0.25, 0.3) is 11.8 Å². The number of nitrogens with zero attached hydrogens (tertiary/aromatic N) is 2. The van der Waals surface area contributed by atoms with Gasteiger partial charge in [-0.1, -0.05) is 244 Å². The zero-order valence-electron chi connectivity index (χ0n) is 44.9. The predicted octanol–water partition coefficient (Wildman–Crippen LogP) is 17.5. The van der Waals surface area contributed by atoms with Crippen LogP contribution in [0.15, 0.2) is 30.8 Å². The topological polar surface area (TPSA) is 120 Å². The molecule has 0 bridgehead atoms. The highest BCUT2D eigenvalue weighted by atomic mass is 32.2. The van der Waals surface area contributed by atoms with Crippen LogP contribution in [-0.4, -0.2) is 68.5 Å². The normalized spacial score (nSPS) is 16.0. The smallest absolute Gasteiger partial charge is 0.342 e. The third-order valence-electron chi connectivity index (χ3n) is 13.9. The third-order valence-corrected chi connectivity index (χ3v) is 16.7. The van der Waals surface area contributed by atoms with Crippen molar-refractivity contribution < 1.29 is 37.5 Å². The fraction of sp³-hybridized carbons (Fsp3) is 0.690. The molecule has 2 aliphatic heterocycles. The number of hydrogen-bond donors (Lipinski definition) is 0. The molecule has 2 aromatic heterocycles. The van der Waals surface area contributed by atoms with Gasteiger partial charge in [-0.25, -0.2) is 9.59 Å². The molecule has 72 heavy (non-hydrogen) atoms. The van der Waals surface area contributed by atoms with Gasteiger partial charge in [-0.2, -0.15) is 0 Å².